The fourth-order valence-corrected chi connectivity index (χ4v) is 3.82. The summed E-state index contributed by atoms with van der Waals surface area (Å²) in [5.74, 6) is 0. The van der Waals surface area contributed by atoms with Crippen LogP contribution in [0, 0.1) is 18.3 Å². The molecule has 0 saturated carbocycles. The highest BCUT2D eigenvalue weighted by atomic mass is 16.3. The normalized spacial score (nSPS) is 11.3. The molecule has 2 N–H and O–H groups in total. The topological polar surface area (TPSA) is 78.0 Å². The number of nitrogens with zero attached hydrogens (tertiary/aromatic N) is 2. The number of anilines is 1. The number of fused-ring (bicyclic) bond motifs is 1. The van der Waals surface area contributed by atoms with Gasteiger partial charge in [0.25, 0.3) is 5.56 Å². The molecule has 32 heavy (non-hydrogen) atoms. The van der Waals surface area contributed by atoms with Crippen LogP contribution in [-0.4, -0.2) is 21.8 Å². The van der Waals surface area contributed by atoms with Crippen molar-refractivity contribution in [1.29, 1.82) is 5.26 Å². The van der Waals surface area contributed by atoms with Crippen molar-refractivity contribution in [3.8, 4) is 22.9 Å². The van der Waals surface area contributed by atoms with Crippen molar-refractivity contribution in [2.24, 2.45) is 0 Å². The van der Waals surface area contributed by atoms with E-state index in [0.29, 0.717) is 17.5 Å². The van der Waals surface area contributed by atoms with Gasteiger partial charge in [0.15, 0.2) is 0 Å². The Bertz CT molecular complexity index is 1370. The fourth-order valence-electron chi connectivity index (χ4n) is 3.82. The average molecular weight is 424 g/mol. The number of hydrogen-bond donors (Lipinski definition) is 2. The number of aryl methyl sites for hydroxylation is 1. The second-order valence-corrected chi connectivity index (χ2v) is 8.62. The maximum absolute atomic E-state index is 13.4. The van der Waals surface area contributed by atoms with Crippen molar-refractivity contribution in [2.75, 3.05) is 11.9 Å². The number of nitriles is 1. The summed E-state index contributed by atoms with van der Waals surface area (Å²) in [6, 6.07) is 22.9. The molecule has 0 spiro atoms. The van der Waals surface area contributed by atoms with Crippen molar-refractivity contribution in [3.05, 3.63) is 94.4 Å². The number of aliphatic hydroxyl groups is 1. The van der Waals surface area contributed by atoms with Crippen LogP contribution in [0.3, 0.4) is 0 Å². The Kier molecular flexibility index (Phi) is 5.56. The van der Waals surface area contributed by atoms with E-state index in [2.05, 4.69) is 11.4 Å². The molecule has 0 fully saturated rings. The van der Waals surface area contributed by atoms with E-state index < -0.39 is 5.60 Å². The number of pyridine rings is 1. The molecule has 0 bridgehead atoms. The lowest BCUT2D eigenvalue weighted by molar-refractivity contribution is 0.0945. The Hall–Kier alpha value is -3.88. The molecule has 0 aliphatic rings. The Morgan fingerprint density at radius 3 is 2.34 bits per heavy atom. The van der Waals surface area contributed by atoms with Crippen LogP contribution in [0.15, 0.2) is 77.7 Å². The lowest BCUT2D eigenvalue weighted by atomic mass is 9.96. The first-order valence-corrected chi connectivity index (χ1v) is 10.5. The van der Waals surface area contributed by atoms with E-state index in [9.17, 15) is 9.90 Å². The van der Waals surface area contributed by atoms with Gasteiger partial charge in [-0.2, -0.15) is 5.26 Å². The standard InChI is InChI=1S/C27H25N3O2/c1-18-16-30(22-13-11-21(12-14-22)29-17-27(2,3)32)26(31)24-6-4-5-23(25(18)24)20-9-7-19(15-28)8-10-20/h4-14,16,29,32H,17H2,1-3H3. The molecule has 5 nitrogen and oxygen atoms in total. The summed E-state index contributed by atoms with van der Waals surface area (Å²) in [5.41, 5.74) is 4.30. The van der Waals surface area contributed by atoms with Crippen LogP contribution in [0.25, 0.3) is 27.6 Å². The molecular weight excluding hydrogens is 398 g/mol. The molecule has 0 atom stereocenters. The second-order valence-electron chi connectivity index (χ2n) is 8.62. The third kappa shape index (κ3) is 4.27. The van der Waals surface area contributed by atoms with Crippen LogP contribution in [0.2, 0.25) is 0 Å². The van der Waals surface area contributed by atoms with E-state index in [1.807, 2.05) is 67.7 Å². The van der Waals surface area contributed by atoms with E-state index in [0.717, 1.165) is 33.5 Å². The summed E-state index contributed by atoms with van der Waals surface area (Å²) in [4.78, 5) is 13.4. The zero-order valence-electron chi connectivity index (χ0n) is 18.4. The van der Waals surface area contributed by atoms with Gasteiger partial charge in [0.1, 0.15) is 0 Å². The Morgan fingerprint density at radius 2 is 1.72 bits per heavy atom. The summed E-state index contributed by atoms with van der Waals surface area (Å²) in [5, 5.41) is 23.7. The van der Waals surface area contributed by atoms with E-state index in [4.69, 9.17) is 5.26 Å². The molecule has 0 aliphatic carbocycles. The largest absolute Gasteiger partial charge is 0.389 e. The number of rotatable bonds is 5. The molecule has 4 rings (SSSR count). The minimum absolute atomic E-state index is 0.0849. The Labute approximate surface area is 187 Å². The van der Waals surface area contributed by atoms with Gasteiger partial charge in [-0.05, 0) is 85.3 Å². The van der Waals surface area contributed by atoms with Crippen molar-refractivity contribution in [2.45, 2.75) is 26.4 Å². The number of hydrogen-bond acceptors (Lipinski definition) is 4. The molecule has 0 amide bonds. The van der Waals surface area contributed by atoms with E-state index in [1.54, 1.807) is 30.5 Å². The molecule has 160 valence electrons. The number of benzene rings is 3. The number of aromatic nitrogens is 1. The average Bonchev–Trinajstić information content (AvgIpc) is 2.79. The lowest BCUT2D eigenvalue weighted by Crippen LogP contribution is -2.29. The first-order chi connectivity index (χ1) is 15.3. The predicted molar refractivity (Wildman–Crippen MR) is 129 cm³/mol. The highest BCUT2D eigenvalue weighted by molar-refractivity contribution is 5.98. The summed E-state index contributed by atoms with van der Waals surface area (Å²) < 4.78 is 1.67. The van der Waals surface area contributed by atoms with Gasteiger partial charge in [-0.25, -0.2) is 0 Å². The molecule has 0 unspecified atom stereocenters. The Morgan fingerprint density at radius 1 is 1.03 bits per heavy atom. The van der Waals surface area contributed by atoms with Crippen LogP contribution in [0.5, 0.6) is 0 Å². The minimum atomic E-state index is -0.808. The molecule has 0 radical (unpaired) electrons. The monoisotopic (exact) mass is 423 g/mol. The fraction of sp³-hybridized carbons (Fsp3) is 0.185. The van der Waals surface area contributed by atoms with Crippen LogP contribution in [0.1, 0.15) is 25.0 Å². The Balaban J connectivity index is 1.76. The van der Waals surface area contributed by atoms with Gasteiger partial charge < -0.3 is 10.4 Å². The third-order valence-electron chi connectivity index (χ3n) is 5.43. The predicted octanol–water partition coefficient (Wildman–Crippen LogP) is 5.02. The SMILES string of the molecule is Cc1cn(-c2ccc(NCC(C)(C)O)cc2)c(=O)c2cccc(-c3ccc(C#N)cc3)c12. The van der Waals surface area contributed by atoms with Crippen LogP contribution in [-0.2, 0) is 0 Å². The summed E-state index contributed by atoms with van der Waals surface area (Å²) >= 11 is 0. The molecule has 4 aromatic rings. The van der Waals surface area contributed by atoms with Crippen molar-refractivity contribution in [1.82, 2.24) is 4.57 Å². The molecule has 5 heteroatoms. The molecule has 0 saturated heterocycles. The van der Waals surface area contributed by atoms with Gasteiger partial charge in [0.05, 0.1) is 17.2 Å². The van der Waals surface area contributed by atoms with Crippen LogP contribution in [0.4, 0.5) is 5.69 Å². The summed E-state index contributed by atoms with van der Waals surface area (Å²) in [7, 11) is 0. The van der Waals surface area contributed by atoms with Crippen LogP contribution < -0.4 is 10.9 Å². The zero-order chi connectivity index (χ0) is 22.9. The van der Waals surface area contributed by atoms with Gasteiger partial charge >= 0.3 is 0 Å². The first-order valence-electron chi connectivity index (χ1n) is 10.5. The van der Waals surface area contributed by atoms with E-state index in [-0.39, 0.29) is 5.56 Å². The quantitative estimate of drug-likeness (QED) is 0.472. The highest BCUT2D eigenvalue weighted by Crippen LogP contribution is 2.30. The van der Waals surface area contributed by atoms with E-state index in [1.165, 1.54) is 0 Å². The molecule has 3 aromatic carbocycles. The highest BCUT2D eigenvalue weighted by Gasteiger charge is 2.14. The van der Waals surface area contributed by atoms with Crippen LogP contribution >= 0.6 is 0 Å². The zero-order valence-corrected chi connectivity index (χ0v) is 18.4. The second kappa shape index (κ2) is 8.33. The smallest absolute Gasteiger partial charge is 0.262 e. The molecule has 1 heterocycles. The number of nitrogens with one attached hydrogen (secondary N) is 1. The molecule has 0 aliphatic heterocycles. The van der Waals surface area contributed by atoms with Gasteiger partial charge in [0.2, 0.25) is 0 Å². The summed E-state index contributed by atoms with van der Waals surface area (Å²) in [6.07, 6.45) is 1.87. The molecular formula is C27H25N3O2. The van der Waals surface area contributed by atoms with E-state index >= 15 is 0 Å². The van der Waals surface area contributed by atoms with Crippen molar-refractivity contribution < 1.29 is 5.11 Å². The molecule has 1 aromatic heterocycles. The lowest BCUT2D eigenvalue weighted by Gasteiger charge is -2.19. The van der Waals surface area contributed by atoms with Crippen molar-refractivity contribution >= 4 is 16.5 Å². The van der Waals surface area contributed by atoms with Crippen molar-refractivity contribution in [3.63, 3.8) is 0 Å². The van der Waals surface area contributed by atoms with Gasteiger partial charge in [-0.15, -0.1) is 0 Å². The third-order valence-corrected chi connectivity index (χ3v) is 5.43. The van der Waals surface area contributed by atoms with Gasteiger partial charge in [-0.1, -0.05) is 24.3 Å². The summed E-state index contributed by atoms with van der Waals surface area (Å²) in [6.45, 7) is 5.93. The van der Waals surface area contributed by atoms with Gasteiger partial charge in [-0.3, -0.25) is 9.36 Å². The minimum Gasteiger partial charge on any atom is -0.389 e. The first kappa shape index (κ1) is 21.4. The maximum Gasteiger partial charge on any atom is 0.262 e. The maximum atomic E-state index is 13.4. The van der Waals surface area contributed by atoms with Gasteiger partial charge in [0, 0.05) is 29.5 Å².